The molecule has 0 bridgehead atoms. The van der Waals surface area contributed by atoms with Crippen LogP contribution in [0.1, 0.15) is 12.0 Å². The predicted octanol–water partition coefficient (Wildman–Crippen LogP) is 1.78. The fourth-order valence-electron chi connectivity index (χ4n) is 2.02. The lowest BCUT2D eigenvalue weighted by atomic mass is 10.0. The number of nitrogens with zero attached hydrogens (tertiary/aromatic N) is 1. The third-order valence-electron chi connectivity index (χ3n) is 3.04. The van der Waals surface area contributed by atoms with Gasteiger partial charge in [-0.05, 0) is 25.1 Å². The molecule has 1 unspecified atom stereocenters. The normalized spacial score (nSPS) is 21.7. The van der Waals surface area contributed by atoms with Gasteiger partial charge in [0.05, 0.1) is 6.04 Å². The van der Waals surface area contributed by atoms with Crippen LogP contribution in [-0.2, 0) is 11.2 Å². The SMILES string of the molecule is CN1CCC(=O)C1Cc1ccc(F)cc1F. The molecule has 0 N–H and O–H groups in total. The van der Waals surface area contributed by atoms with Gasteiger partial charge in [0.2, 0.25) is 0 Å². The maximum Gasteiger partial charge on any atom is 0.151 e. The summed E-state index contributed by atoms with van der Waals surface area (Å²) < 4.78 is 26.1. The monoisotopic (exact) mass is 225 g/mol. The van der Waals surface area contributed by atoms with Crippen LogP contribution in [0.4, 0.5) is 8.78 Å². The van der Waals surface area contributed by atoms with Gasteiger partial charge in [-0.1, -0.05) is 6.07 Å². The lowest BCUT2D eigenvalue weighted by Gasteiger charge is -2.18. The van der Waals surface area contributed by atoms with Crippen molar-refractivity contribution in [2.45, 2.75) is 18.9 Å². The number of halogens is 2. The van der Waals surface area contributed by atoms with Gasteiger partial charge in [-0.3, -0.25) is 9.69 Å². The molecule has 1 atom stereocenters. The maximum atomic E-state index is 13.4. The van der Waals surface area contributed by atoms with Crippen LogP contribution >= 0.6 is 0 Å². The number of likely N-dealkylation sites (N-methyl/N-ethyl adjacent to an activating group) is 1. The minimum atomic E-state index is -0.590. The number of carbonyl (C=O) groups is 1. The van der Waals surface area contributed by atoms with E-state index in [-0.39, 0.29) is 11.8 Å². The van der Waals surface area contributed by atoms with E-state index in [1.807, 2.05) is 11.9 Å². The van der Waals surface area contributed by atoms with Gasteiger partial charge in [0.15, 0.2) is 5.78 Å². The summed E-state index contributed by atoms with van der Waals surface area (Å²) in [6, 6.07) is 3.22. The molecule has 1 aromatic rings. The fourth-order valence-corrected chi connectivity index (χ4v) is 2.02. The van der Waals surface area contributed by atoms with Crippen molar-refractivity contribution >= 4 is 5.78 Å². The Bertz CT molecular complexity index is 419. The summed E-state index contributed by atoms with van der Waals surface area (Å²) >= 11 is 0. The molecular formula is C12H13F2NO. The van der Waals surface area contributed by atoms with Crippen LogP contribution in [0.5, 0.6) is 0 Å². The van der Waals surface area contributed by atoms with Gasteiger partial charge >= 0.3 is 0 Å². The topological polar surface area (TPSA) is 20.3 Å². The predicted molar refractivity (Wildman–Crippen MR) is 56.1 cm³/mol. The molecule has 0 spiro atoms. The minimum Gasteiger partial charge on any atom is -0.298 e. The maximum absolute atomic E-state index is 13.4. The number of benzene rings is 1. The average Bonchev–Trinajstić information content (AvgIpc) is 2.53. The molecule has 0 saturated carbocycles. The Morgan fingerprint density at radius 3 is 2.75 bits per heavy atom. The number of rotatable bonds is 2. The van der Waals surface area contributed by atoms with E-state index in [4.69, 9.17) is 0 Å². The number of hydrogen-bond donors (Lipinski definition) is 0. The van der Waals surface area contributed by atoms with Gasteiger partial charge in [0, 0.05) is 19.0 Å². The Morgan fingerprint density at radius 1 is 1.44 bits per heavy atom. The van der Waals surface area contributed by atoms with E-state index in [0.717, 1.165) is 6.07 Å². The summed E-state index contributed by atoms with van der Waals surface area (Å²) in [5, 5.41) is 0. The highest BCUT2D eigenvalue weighted by Gasteiger charge is 2.30. The second kappa shape index (κ2) is 4.29. The van der Waals surface area contributed by atoms with Crippen LogP contribution < -0.4 is 0 Å². The highest BCUT2D eigenvalue weighted by molar-refractivity contribution is 5.86. The fraction of sp³-hybridized carbons (Fsp3) is 0.417. The van der Waals surface area contributed by atoms with Crippen LogP contribution in [0.25, 0.3) is 0 Å². The number of ketones is 1. The number of likely N-dealkylation sites (tertiary alicyclic amines) is 1. The summed E-state index contributed by atoms with van der Waals surface area (Å²) in [6.07, 6.45) is 0.839. The van der Waals surface area contributed by atoms with Crippen molar-refractivity contribution < 1.29 is 13.6 Å². The number of hydrogen-bond acceptors (Lipinski definition) is 2. The molecule has 2 rings (SSSR count). The Balaban J connectivity index is 2.17. The molecule has 4 heteroatoms. The van der Waals surface area contributed by atoms with E-state index < -0.39 is 11.6 Å². The highest BCUT2D eigenvalue weighted by Crippen LogP contribution is 2.18. The molecule has 0 amide bonds. The Kier molecular flexibility index (Phi) is 3.01. The molecule has 86 valence electrons. The first-order valence-electron chi connectivity index (χ1n) is 5.25. The average molecular weight is 225 g/mol. The summed E-state index contributed by atoms with van der Waals surface area (Å²) in [4.78, 5) is 13.4. The highest BCUT2D eigenvalue weighted by atomic mass is 19.1. The van der Waals surface area contributed by atoms with Crippen LogP contribution in [-0.4, -0.2) is 30.3 Å². The number of carbonyl (C=O) groups excluding carboxylic acids is 1. The largest absolute Gasteiger partial charge is 0.298 e. The van der Waals surface area contributed by atoms with Crippen molar-refractivity contribution in [1.29, 1.82) is 0 Å². The lowest BCUT2D eigenvalue weighted by molar-refractivity contribution is -0.119. The molecule has 1 aliphatic rings. The molecule has 1 aliphatic heterocycles. The van der Waals surface area contributed by atoms with E-state index in [0.29, 0.717) is 24.9 Å². The van der Waals surface area contributed by atoms with Crippen molar-refractivity contribution in [3.05, 3.63) is 35.4 Å². The molecule has 0 aliphatic carbocycles. The molecule has 16 heavy (non-hydrogen) atoms. The van der Waals surface area contributed by atoms with Crippen LogP contribution in [0.3, 0.4) is 0 Å². The second-order valence-electron chi connectivity index (χ2n) is 4.15. The summed E-state index contributed by atoms with van der Waals surface area (Å²) in [5.74, 6) is -1.04. The first kappa shape index (κ1) is 11.2. The van der Waals surface area contributed by atoms with Crippen LogP contribution in [0.15, 0.2) is 18.2 Å². The minimum absolute atomic E-state index is 0.131. The molecule has 1 fully saturated rings. The van der Waals surface area contributed by atoms with E-state index in [1.54, 1.807) is 0 Å². The number of Topliss-reactive ketones (excluding diaryl/α,β-unsaturated/α-hetero) is 1. The van der Waals surface area contributed by atoms with Crippen molar-refractivity contribution in [2.24, 2.45) is 0 Å². The van der Waals surface area contributed by atoms with Gasteiger partial charge < -0.3 is 0 Å². The lowest BCUT2D eigenvalue weighted by Crippen LogP contribution is -2.31. The van der Waals surface area contributed by atoms with Crippen LogP contribution in [0.2, 0.25) is 0 Å². The van der Waals surface area contributed by atoms with E-state index in [9.17, 15) is 13.6 Å². The summed E-state index contributed by atoms with van der Waals surface area (Å²) in [6.45, 7) is 0.715. The van der Waals surface area contributed by atoms with Crippen molar-refractivity contribution in [1.82, 2.24) is 4.90 Å². The Morgan fingerprint density at radius 2 is 2.19 bits per heavy atom. The first-order chi connectivity index (χ1) is 7.58. The van der Waals surface area contributed by atoms with Gasteiger partial charge in [0.25, 0.3) is 0 Å². The smallest absolute Gasteiger partial charge is 0.151 e. The van der Waals surface area contributed by atoms with E-state index >= 15 is 0 Å². The first-order valence-corrected chi connectivity index (χ1v) is 5.25. The Labute approximate surface area is 92.9 Å². The van der Waals surface area contributed by atoms with Crippen LogP contribution in [0, 0.1) is 11.6 Å². The van der Waals surface area contributed by atoms with Crippen molar-refractivity contribution in [3.8, 4) is 0 Å². The van der Waals surface area contributed by atoms with E-state index in [1.165, 1.54) is 12.1 Å². The van der Waals surface area contributed by atoms with Gasteiger partial charge in [0.1, 0.15) is 11.6 Å². The quantitative estimate of drug-likeness (QED) is 0.764. The molecule has 0 aromatic heterocycles. The van der Waals surface area contributed by atoms with Gasteiger partial charge in [-0.25, -0.2) is 8.78 Å². The zero-order chi connectivity index (χ0) is 11.7. The molecule has 0 radical (unpaired) electrons. The van der Waals surface area contributed by atoms with Gasteiger partial charge in [-0.2, -0.15) is 0 Å². The zero-order valence-corrected chi connectivity index (χ0v) is 9.04. The molecule has 1 aromatic carbocycles. The Hall–Kier alpha value is -1.29. The third-order valence-corrected chi connectivity index (χ3v) is 3.04. The summed E-state index contributed by atoms with van der Waals surface area (Å²) in [7, 11) is 1.84. The van der Waals surface area contributed by atoms with Crippen molar-refractivity contribution in [3.63, 3.8) is 0 Å². The molecule has 1 saturated heterocycles. The molecule has 1 heterocycles. The standard InChI is InChI=1S/C12H13F2NO/c1-15-5-4-12(16)11(15)6-8-2-3-9(13)7-10(8)14/h2-3,7,11H,4-6H2,1H3. The molecule has 2 nitrogen and oxygen atoms in total. The van der Waals surface area contributed by atoms with Gasteiger partial charge in [-0.15, -0.1) is 0 Å². The summed E-state index contributed by atoms with van der Waals surface area (Å²) in [5.41, 5.74) is 0.397. The zero-order valence-electron chi connectivity index (χ0n) is 9.04. The van der Waals surface area contributed by atoms with Crippen molar-refractivity contribution in [2.75, 3.05) is 13.6 Å². The second-order valence-corrected chi connectivity index (χ2v) is 4.15. The third kappa shape index (κ3) is 2.11. The molecular weight excluding hydrogens is 212 g/mol. The van der Waals surface area contributed by atoms with E-state index in [2.05, 4.69) is 0 Å².